The summed E-state index contributed by atoms with van der Waals surface area (Å²) >= 11 is 0. The van der Waals surface area contributed by atoms with Crippen LogP contribution in [-0.4, -0.2) is 23.1 Å². The van der Waals surface area contributed by atoms with E-state index in [1.165, 1.54) is 6.42 Å². The van der Waals surface area contributed by atoms with E-state index in [-0.39, 0.29) is 11.9 Å². The highest BCUT2D eigenvalue weighted by Crippen LogP contribution is 2.63. The molecule has 0 amide bonds. The molecule has 0 spiro atoms. The lowest BCUT2D eigenvalue weighted by molar-refractivity contribution is -0.223. The molecule has 0 radical (unpaired) electrons. The lowest BCUT2D eigenvalue weighted by Crippen LogP contribution is -2.61. The van der Waals surface area contributed by atoms with Gasteiger partial charge in [0.25, 0.3) is 0 Å². The Morgan fingerprint density at radius 3 is 1.96 bits per heavy atom. The largest absolute Gasteiger partial charge is 0.459 e. The Morgan fingerprint density at radius 2 is 1.48 bits per heavy atom. The summed E-state index contributed by atoms with van der Waals surface area (Å²) in [5.74, 6) is 0.803. The van der Waals surface area contributed by atoms with Gasteiger partial charge in [0.15, 0.2) is 0 Å². The molecule has 0 heterocycles. The number of carbonyl (C=O) groups is 2. The van der Waals surface area contributed by atoms with Crippen LogP contribution in [0.1, 0.15) is 99.3 Å². The molecule has 0 aromatic heterocycles. The molecular formula is C23H38O4. The minimum atomic E-state index is -0.472. The minimum absolute atomic E-state index is 0.0435. The van der Waals surface area contributed by atoms with Crippen molar-refractivity contribution in [3.63, 3.8) is 0 Å². The summed E-state index contributed by atoms with van der Waals surface area (Å²) < 4.78 is 12.3. The average Bonchev–Trinajstić information content (AvgIpc) is 2.59. The Bertz CT molecular complexity index is 587. The summed E-state index contributed by atoms with van der Waals surface area (Å²) in [5, 5.41) is 0. The lowest BCUT2D eigenvalue weighted by Gasteiger charge is -2.60. The molecule has 2 atom stereocenters. The van der Waals surface area contributed by atoms with Gasteiger partial charge in [0.05, 0.1) is 10.8 Å². The topological polar surface area (TPSA) is 52.6 Å². The molecule has 2 unspecified atom stereocenters. The highest BCUT2D eigenvalue weighted by Gasteiger charge is 2.63. The SMILES string of the molecule is CCC(C)(CC)OC(=O)C12CC3CC(CC(OC(=O)C(C)(C)CC)(C3)C1)C2. The van der Waals surface area contributed by atoms with Gasteiger partial charge in [-0.1, -0.05) is 20.8 Å². The third kappa shape index (κ3) is 3.65. The van der Waals surface area contributed by atoms with Gasteiger partial charge < -0.3 is 9.47 Å². The predicted molar refractivity (Wildman–Crippen MR) is 105 cm³/mol. The maximum absolute atomic E-state index is 13.3. The van der Waals surface area contributed by atoms with Crippen molar-refractivity contribution in [2.45, 2.75) is 111 Å². The third-order valence-electron chi connectivity index (χ3n) is 8.02. The molecule has 4 bridgehead atoms. The molecule has 4 nitrogen and oxygen atoms in total. The van der Waals surface area contributed by atoms with Gasteiger partial charge >= 0.3 is 11.9 Å². The van der Waals surface area contributed by atoms with E-state index in [2.05, 4.69) is 13.8 Å². The predicted octanol–water partition coefficient (Wildman–Crippen LogP) is 5.43. The van der Waals surface area contributed by atoms with Crippen LogP contribution in [0.5, 0.6) is 0 Å². The Hall–Kier alpha value is -1.06. The summed E-state index contributed by atoms with van der Waals surface area (Å²) in [6, 6.07) is 0. The van der Waals surface area contributed by atoms with Gasteiger partial charge in [0, 0.05) is 6.42 Å². The van der Waals surface area contributed by atoms with E-state index in [1.807, 2.05) is 27.7 Å². The lowest BCUT2D eigenvalue weighted by atomic mass is 9.47. The highest BCUT2D eigenvalue weighted by atomic mass is 16.6. The molecule has 0 N–H and O–H groups in total. The van der Waals surface area contributed by atoms with Crippen molar-refractivity contribution in [1.29, 1.82) is 0 Å². The molecule has 4 saturated carbocycles. The first-order valence-electron chi connectivity index (χ1n) is 11.0. The first-order valence-corrected chi connectivity index (χ1v) is 11.0. The van der Waals surface area contributed by atoms with E-state index < -0.39 is 22.0 Å². The standard InChI is InChI=1S/C23H38O4/c1-7-20(4,5)18(24)27-23-13-16-10-17(14-23)12-22(11-16,15-23)19(25)26-21(6,8-2)9-3/h16-17H,7-15H2,1-6H3. The van der Waals surface area contributed by atoms with Gasteiger partial charge in [0.2, 0.25) is 0 Å². The number of hydrogen-bond donors (Lipinski definition) is 0. The summed E-state index contributed by atoms with van der Waals surface area (Å²) in [6.45, 7) is 12.1. The normalized spacial score (nSPS) is 35.2. The monoisotopic (exact) mass is 378 g/mol. The van der Waals surface area contributed by atoms with Gasteiger partial charge in [-0.2, -0.15) is 0 Å². The van der Waals surface area contributed by atoms with Crippen molar-refractivity contribution in [3.05, 3.63) is 0 Å². The van der Waals surface area contributed by atoms with Crippen molar-refractivity contribution < 1.29 is 19.1 Å². The Labute approximate surface area is 164 Å². The number of rotatable bonds is 7. The fraction of sp³-hybridized carbons (Fsp3) is 0.913. The number of hydrogen-bond acceptors (Lipinski definition) is 4. The molecule has 4 rings (SSSR count). The minimum Gasteiger partial charge on any atom is -0.459 e. The molecule has 0 saturated heterocycles. The number of ether oxygens (including phenoxy) is 2. The summed E-state index contributed by atoms with van der Waals surface area (Å²) in [7, 11) is 0. The third-order valence-corrected chi connectivity index (χ3v) is 8.02. The van der Waals surface area contributed by atoms with Crippen LogP contribution in [0.15, 0.2) is 0 Å². The molecule has 4 fully saturated rings. The van der Waals surface area contributed by atoms with E-state index in [0.717, 1.165) is 44.9 Å². The van der Waals surface area contributed by atoms with Gasteiger partial charge in [-0.15, -0.1) is 0 Å². The van der Waals surface area contributed by atoms with Crippen LogP contribution in [0.2, 0.25) is 0 Å². The van der Waals surface area contributed by atoms with Crippen LogP contribution >= 0.6 is 0 Å². The van der Waals surface area contributed by atoms with Crippen LogP contribution < -0.4 is 0 Å². The molecule has 154 valence electrons. The van der Waals surface area contributed by atoms with Crippen LogP contribution in [0.4, 0.5) is 0 Å². The molecule has 27 heavy (non-hydrogen) atoms. The first kappa shape index (κ1) is 20.7. The average molecular weight is 379 g/mol. The molecular weight excluding hydrogens is 340 g/mol. The highest BCUT2D eigenvalue weighted by molar-refractivity contribution is 5.79. The molecule has 0 aromatic carbocycles. The fourth-order valence-electron chi connectivity index (χ4n) is 5.74. The second kappa shape index (κ2) is 6.77. The van der Waals surface area contributed by atoms with Gasteiger partial charge in [-0.3, -0.25) is 9.59 Å². The second-order valence-electron chi connectivity index (χ2n) is 10.6. The van der Waals surface area contributed by atoms with Crippen LogP contribution in [-0.2, 0) is 19.1 Å². The smallest absolute Gasteiger partial charge is 0.312 e. The van der Waals surface area contributed by atoms with Gasteiger partial charge in [-0.25, -0.2) is 0 Å². The molecule has 0 aromatic rings. The zero-order chi connectivity index (χ0) is 20.1. The molecule has 0 aliphatic heterocycles. The van der Waals surface area contributed by atoms with Crippen LogP contribution in [0.3, 0.4) is 0 Å². The van der Waals surface area contributed by atoms with E-state index in [1.54, 1.807) is 0 Å². The fourth-order valence-corrected chi connectivity index (χ4v) is 5.74. The van der Waals surface area contributed by atoms with E-state index in [4.69, 9.17) is 9.47 Å². The Morgan fingerprint density at radius 1 is 0.926 bits per heavy atom. The maximum atomic E-state index is 13.3. The summed E-state index contributed by atoms with van der Waals surface area (Å²) in [5.41, 5.74) is -1.78. The van der Waals surface area contributed by atoms with E-state index in [9.17, 15) is 9.59 Å². The molecule has 4 heteroatoms. The molecule has 4 aliphatic rings. The zero-order valence-corrected chi connectivity index (χ0v) is 18.2. The summed E-state index contributed by atoms with van der Waals surface area (Å²) in [4.78, 5) is 26.2. The second-order valence-corrected chi connectivity index (χ2v) is 10.6. The van der Waals surface area contributed by atoms with E-state index in [0.29, 0.717) is 18.3 Å². The van der Waals surface area contributed by atoms with Crippen molar-refractivity contribution in [3.8, 4) is 0 Å². The summed E-state index contributed by atoms with van der Waals surface area (Å²) in [6.07, 6.45) is 7.88. The van der Waals surface area contributed by atoms with Crippen molar-refractivity contribution in [2.75, 3.05) is 0 Å². The van der Waals surface area contributed by atoms with Crippen molar-refractivity contribution >= 4 is 11.9 Å². The van der Waals surface area contributed by atoms with Gasteiger partial charge in [0.1, 0.15) is 11.2 Å². The maximum Gasteiger partial charge on any atom is 0.312 e. The van der Waals surface area contributed by atoms with Crippen LogP contribution in [0, 0.1) is 22.7 Å². The van der Waals surface area contributed by atoms with Crippen molar-refractivity contribution in [1.82, 2.24) is 0 Å². The Balaban J connectivity index is 1.83. The first-order chi connectivity index (χ1) is 12.5. The number of esters is 2. The van der Waals surface area contributed by atoms with Crippen LogP contribution in [0.25, 0.3) is 0 Å². The van der Waals surface area contributed by atoms with Crippen molar-refractivity contribution in [2.24, 2.45) is 22.7 Å². The Kier molecular flexibility index (Phi) is 5.18. The quantitative estimate of drug-likeness (QED) is 0.555. The zero-order valence-electron chi connectivity index (χ0n) is 18.2. The number of carbonyl (C=O) groups excluding carboxylic acids is 2. The van der Waals surface area contributed by atoms with Gasteiger partial charge in [-0.05, 0) is 84.0 Å². The molecule has 4 aliphatic carbocycles. The van der Waals surface area contributed by atoms with E-state index >= 15 is 0 Å².